The first-order valence-electron chi connectivity index (χ1n) is 7.56. The Kier molecular flexibility index (Phi) is 5.77. The quantitative estimate of drug-likeness (QED) is 0.550. The zero-order valence-electron chi connectivity index (χ0n) is 13.7. The van der Waals surface area contributed by atoms with E-state index < -0.39 is 15.1 Å². The van der Waals surface area contributed by atoms with Gasteiger partial charge in [0.2, 0.25) is 5.88 Å². The number of fused-ring (bicyclic) bond motifs is 1. The predicted octanol–water partition coefficient (Wildman–Crippen LogP) is 3.08. The number of halogens is 1. The van der Waals surface area contributed by atoms with Gasteiger partial charge in [-0.1, -0.05) is 18.5 Å². The SMILES string of the molecule is CCS(=O)(=O)[C@H](C)C[C@@H](C)Oc1ncc(C=O)c2cc(Cl)ncc12. The molecule has 0 radical (unpaired) electrons. The molecule has 0 saturated carbocycles. The Labute approximate surface area is 146 Å². The highest BCUT2D eigenvalue weighted by molar-refractivity contribution is 7.91. The van der Waals surface area contributed by atoms with E-state index in [9.17, 15) is 13.2 Å². The van der Waals surface area contributed by atoms with E-state index in [0.717, 1.165) is 0 Å². The molecule has 0 aliphatic carbocycles. The van der Waals surface area contributed by atoms with E-state index in [1.165, 1.54) is 12.4 Å². The van der Waals surface area contributed by atoms with E-state index in [1.807, 2.05) is 0 Å². The number of sulfone groups is 1. The van der Waals surface area contributed by atoms with Crippen LogP contribution in [0.4, 0.5) is 0 Å². The van der Waals surface area contributed by atoms with Crippen LogP contribution < -0.4 is 4.74 Å². The number of aromatic nitrogens is 2. The number of hydrogen-bond donors (Lipinski definition) is 0. The Bertz CT molecular complexity index is 855. The van der Waals surface area contributed by atoms with E-state index in [-0.39, 0.29) is 17.0 Å². The van der Waals surface area contributed by atoms with Crippen molar-refractivity contribution in [3.8, 4) is 5.88 Å². The number of aldehydes is 1. The molecule has 24 heavy (non-hydrogen) atoms. The summed E-state index contributed by atoms with van der Waals surface area (Å²) in [4.78, 5) is 19.3. The summed E-state index contributed by atoms with van der Waals surface area (Å²) in [7, 11) is -3.12. The summed E-state index contributed by atoms with van der Waals surface area (Å²) < 4.78 is 29.6. The number of ether oxygens (including phenoxy) is 1. The third-order valence-electron chi connectivity index (χ3n) is 3.85. The molecule has 0 amide bonds. The van der Waals surface area contributed by atoms with Crippen LogP contribution in [0.2, 0.25) is 5.15 Å². The molecule has 2 heterocycles. The molecular formula is C16H19ClN2O4S. The van der Waals surface area contributed by atoms with Crippen molar-refractivity contribution in [1.29, 1.82) is 0 Å². The van der Waals surface area contributed by atoms with Gasteiger partial charge in [-0.25, -0.2) is 18.4 Å². The minimum absolute atomic E-state index is 0.0958. The standard InChI is InChI=1S/C16H19ClN2O4S/c1-4-24(21,22)11(3)5-10(2)23-16-14-8-18-15(17)6-13(14)12(9-20)7-19-16/h6-11H,4-5H2,1-3H3/t10-,11-/m1/s1. The predicted molar refractivity (Wildman–Crippen MR) is 93.6 cm³/mol. The number of hydrogen-bond acceptors (Lipinski definition) is 6. The maximum Gasteiger partial charge on any atom is 0.223 e. The highest BCUT2D eigenvalue weighted by atomic mass is 35.5. The smallest absolute Gasteiger partial charge is 0.223 e. The van der Waals surface area contributed by atoms with Crippen LogP contribution in [-0.2, 0) is 9.84 Å². The van der Waals surface area contributed by atoms with E-state index in [1.54, 1.807) is 26.8 Å². The summed E-state index contributed by atoms with van der Waals surface area (Å²) in [6.45, 7) is 5.08. The molecule has 0 N–H and O–H groups in total. The molecule has 8 heteroatoms. The van der Waals surface area contributed by atoms with Gasteiger partial charge in [-0.05, 0) is 19.9 Å². The average Bonchev–Trinajstić information content (AvgIpc) is 2.54. The first-order valence-corrected chi connectivity index (χ1v) is 9.65. The van der Waals surface area contributed by atoms with Gasteiger partial charge in [0.15, 0.2) is 16.1 Å². The van der Waals surface area contributed by atoms with Crippen LogP contribution in [0.15, 0.2) is 18.5 Å². The number of carbonyl (C=O) groups excluding carboxylic acids is 1. The van der Waals surface area contributed by atoms with Crippen LogP contribution in [0.3, 0.4) is 0 Å². The molecule has 0 aliphatic rings. The van der Waals surface area contributed by atoms with Gasteiger partial charge in [0, 0.05) is 35.5 Å². The van der Waals surface area contributed by atoms with Crippen molar-refractivity contribution >= 4 is 38.5 Å². The minimum atomic E-state index is -3.12. The third-order valence-corrected chi connectivity index (χ3v) is 6.28. The van der Waals surface area contributed by atoms with Crippen LogP contribution in [0, 0.1) is 0 Å². The van der Waals surface area contributed by atoms with Gasteiger partial charge in [0.1, 0.15) is 5.15 Å². The summed E-state index contributed by atoms with van der Waals surface area (Å²) >= 11 is 5.89. The van der Waals surface area contributed by atoms with Crippen LogP contribution >= 0.6 is 11.6 Å². The van der Waals surface area contributed by atoms with Gasteiger partial charge in [-0.15, -0.1) is 0 Å². The second-order valence-electron chi connectivity index (χ2n) is 5.62. The molecule has 0 fully saturated rings. The maximum atomic E-state index is 11.9. The molecule has 0 aromatic carbocycles. The summed E-state index contributed by atoms with van der Waals surface area (Å²) in [5, 5.41) is 0.905. The Balaban J connectivity index is 2.29. The topological polar surface area (TPSA) is 86.2 Å². The van der Waals surface area contributed by atoms with Gasteiger partial charge in [-0.3, -0.25) is 4.79 Å². The molecule has 6 nitrogen and oxygen atoms in total. The fourth-order valence-electron chi connectivity index (χ4n) is 2.43. The lowest BCUT2D eigenvalue weighted by atomic mass is 10.1. The zero-order valence-corrected chi connectivity index (χ0v) is 15.3. The average molecular weight is 371 g/mol. The summed E-state index contributed by atoms with van der Waals surface area (Å²) in [6.07, 6.45) is 3.56. The lowest BCUT2D eigenvalue weighted by Crippen LogP contribution is -2.26. The number of rotatable bonds is 7. The minimum Gasteiger partial charge on any atom is -0.474 e. The number of nitrogens with zero attached hydrogens (tertiary/aromatic N) is 2. The molecule has 2 rings (SSSR count). The van der Waals surface area contributed by atoms with Crippen LogP contribution in [0.25, 0.3) is 10.8 Å². The van der Waals surface area contributed by atoms with Gasteiger partial charge >= 0.3 is 0 Å². The first kappa shape index (κ1) is 18.6. The lowest BCUT2D eigenvalue weighted by molar-refractivity contribution is 0.112. The van der Waals surface area contributed by atoms with Crippen LogP contribution in [0.5, 0.6) is 5.88 Å². The van der Waals surface area contributed by atoms with Crippen molar-refractivity contribution in [2.75, 3.05) is 5.75 Å². The van der Waals surface area contributed by atoms with E-state index in [4.69, 9.17) is 16.3 Å². The Morgan fingerprint density at radius 2 is 1.96 bits per heavy atom. The second-order valence-corrected chi connectivity index (χ2v) is 8.71. The molecule has 0 unspecified atom stereocenters. The molecule has 2 atom stereocenters. The normalized spacial score (nSPS) is 14.3. The van der Waals surface area contributed by atoms with Crippen molar-refractivity contribution in [2.24, 2.45) is 0 Å². The molecular weight excluding hydrogens is 352 g/mol. The molecule has 0 saturated heterocycles. The number of carbonyl (C=O) groups is 1. The van der Waals surface area contributed by atoms with Crippen molar-refractivity contribution in [3.63, 3.8) is 0 Å². The van der Waals surface area contributed by atoms with Gasteiger partial charge in [0.05, 0.1) is 16.7 Å². The second kappa shape index (κ2) is 7.44. The maximum absolute atomic E-state index is 11.9. The van der Waals surface area contributed by atoms with Crippen molar-refractivity contribution in [2.45, 2.75) is 38.5 Å². The van der Waals surface area contributed by atoms with E-state index in [2.05, 4.69) is 9.97 Å². The molecule has 2 aromatic rings. The zero-order chi connectivity index (χ0) is 17.9. The summed E-state index contributed by atoms with van der Waals surface area (Å²) in [5.74, 6) is 0.395. The van der Waals surface area contributed by atoms with Crippen molar-refractivity contribution in [3.05, 3.63) is 29.2 Å². The lowest BCUT2D eigenvalue weighted by Gasteiger charge is -2.19. The van der Waals surface area contributed by atoms with Gasteiger partial charge in [-0.2, -0.15) is 0 Å². The summed E-state index contributed by atoms with van der Waals surface area (Å²) in [6, 6.07) is 1.57. The Morgan fingerprint density at radius 1 is 1.25 bits per heavy atom. The van der Waals surface area contributed by atoms with E-state index >= 15 is 0 Å². The first-order chi connectivity index (χ1) is 11.3. The monoisotopic (exact) mass is 370 g/mol. The molecule has 0 bridgehead atoms. The summed E-state index contributed by atoms with van der Waals surface area (Å²) in [5.41, 5.74) is 0.385. The van der Waals surface area contributed by atoms with Crippen molar-refractivity contribution < 1.29 is 17.9 Å². The fourth-order valence-corrected chi connectivity index (χ4v) is 3.72. The third kappa shape index (κ3) is 4.02. The van der Waals surface area contributed by atoms with E-state index in [0.29, 0.717) is 34.9 Å². The highest BCUT2D eigenvalue weighted by Crippen LogP contribution is 2.28. The number of pyridine rings is 2. The largest absolute Gasteiger partial charge is 0.474 e. The highest BCUT2D eigenvalue weighted by Gasteiger charge is 2.22. The van der Waals surface area contributed by atoms with Crippen LogP contribution in [0.1, 0.15) is 37.6 Å². The van der Waals surface area contributed by atoms with Crippen LogP contribution in [-0.4, -0.2) is 41.8 Å². The Hall–Kier alpha value is -1.73. The van der Waals surface area contributed by atoms with Gasteiger partial charge < -0.3 is 4.74 Å². The van der Waals surface area contributed by atoms with Crippen molar-refractivity contribution in [1.82, 2.24) is 9.97 Å². The Morgan fingerprint density at radius 3 is 2.58 bits per heavy atom. The molecule has 130 valence electrons. The molecule has 0 spiro atoms. The molecule has 0 aliphatic heterocycles. The van der Waals surface area contributed by atoms with Gasteiger partial charge in [0.25, 0.3) is 0 Å². The molecule has 2 aromatic heterocycles. The fraction of sp³-hybridized carbons (Fsp3) is 0.438.